The molecule has 0 radical (unpaired) electrons. The molecule has 0 fully saturated rings. The van der Waals surface area contributed by atoms with Crippen molar-refractivity contribution in [1.29, 1.82) is 5.26 Å². The monoisotopic (exact) mass is 335 g/mol. The van der Waals surface area contributed by atoms with Gasteiger partial charge in [-0.1, -0.05) is 60.2 Å². The molecule has 0 aliphatic heterocycles. The summed E-state index contributed by atoms with van der Waals surface area (Å²) in [7, 11) is 0. The first-order valence-corrected chi connectivity index (χ1v) is 8.48. The molecule has 0 saturated carbocycles. The number of rotatable bonds is 3. The fourth-order valence-corrected chi connectivity index (χ4v) is 2.94. The zero-order chi connectivity index (χ0) is 17.9. The first kappa shape index (κ1) is 15.9. The van der Waals surface area contributed by atoms with Crippen LogP contribution in [0.5, 0.6) is 0 Å². The van der Waals surface area contributed by atoms with E-state index in [-0.39, 0.29) is 0 Å². The third-order valence-electron chi connectivity index (χ3n) is 4.37. The van der Waals surface area contributed by atoms with Crippen LogP contribution in [0.1, 0.15) is 11.1 Å². The molecular weight excluding hydrogens is 318 g/mol. The molecule has 0 amide bonds. The van der Waals surface area contributed by atoms with E-state index in [0.29, 0.717) is 5.56 Å². The van der Waals surface area contributed by atoms with Crippen molar-refractivity contribution >= 4 is 0 Å². The number of nitriles is 1. The van der Waals surface area contributed by atoms with Gasteiger partial charge in [-0.3, -0.25) is 0 Å². The Morgan fingerprint density at radius 3 is 2.15 bits per heavy atom. The van der Waals surface area contributed by atoms with Gasteiger partial charge in [0.2, 0.25) is 0 Å². The predicted molar refractivity (Wildman–Crippen MR) is 104 cm³/mol. The normalized spacial score (nSPS) is 10.5. The molecule has 0 saturated heterocycles. The summed E-state index contributed by atoms with van der Waals surface area (Å²) in [4.78, 5) is 0. The average molecular weight is 335 g/mol. The van der Waals surface area contributed by atoms with Crippen molar-refractivity contribution in [2.24, 2.45) is 0 Å². The second-order valence-electron chi connectivity index (χ2n) is 6.22. The summed E-state index contributed by atoms with van der Waals surface area (Å²) in [5.41, 5.74) is 6.92. The van der Waals surface area contributed by atoms with Gasteiger partial charge < -0.3 is 0 Å². The van der Waals surface area contributed by atoms with Crippen LogP contribution < -0.4 is 0 Å². The Balaban J connectivity index is 1.88. The highest BCUT2D eigenvalue weighted by Gasteiger charge is 2.13. The lowest BCUT2D eigenvalue weighted by molar-refractivity contribution is 0.891. The Labute approximate surface area is 152 Å². The van der Waals surface area contributed by atoms with Crippen LogP contribution in [0.2, 0.25) is 0 Å². The number of hydrogen-bond donors (Lipinski definition) is 0. The van der Waals surface area contributed by atoms with Gasteiger partial charge in [0.15, 0.2) is 0 Å². The maximum Gasteiger partial charge on any atom is 0.0991 e. The molecule has 0 aliphatic carbocycles. The van der Waals surface area contributed by atoms with Crippen LogP contribution in [0.15, 0.2) is 84.9 Å². The van der Waals surface area contributed by atoms with Gasteiger partial charge in [-0.2, -0.15) is 10.4 Å². The molecule has 0 aliphatic rings. The van der Waals surface area contributed by atoms with E-state index in [1.165, 1.54) is 5.56 Å². The Bertz CT molecular complexity index is 1070. The van der Waals surface area contributed by atoms with Crippen LogP contribution in [0.3, 0.4) is 0 Å². The van der Waals surface area contributed by atoms with Gasteiger partial charge in [-0.05, 0) is 37.3 Å². The molecule has 26 heavy (non-hydrogen) atoms. The van der Waals surface area contributed by atoms with E-state index >= 15 is 0 Å². The summed E-state index contributed by atoms with van der Waals surface area (Å²) in [6.07, 6.45) is 0. The molecule has 0 N–H and O–H groups in total. The SMILES string of the molecule is Cc1ccc(-c2cc(-c3ccccc3)nn2-c2ccc(C#N)cc2)cc1. The maximum absolute atomic E-state index is 9.04. The molecule has 4 aromatic rings. The van der Waals surface area contributed by atoms with E-state index in [1.54, 1.807) is 0 Å². The Morgan fingerprint density at radius 1 is 0.808 bits per heavy atom. The number of aromatic nitrogens is 2. The number of hydrogen-bond acceptors (Lipinski definition) is 2. The molecule has 0 atom stereocenters. The fraction of sp³-hybridized carbons (Fsp3) is 0.0435. The summed E-state index contributed by atoms with van der Waals surface area (Å²) in [6, 6.07) is 30.3. The molecule has 4 rings (SSSR count). The van der Waals surface area contributed by atoms with Crippen molar-refractivity contribution in [3.8, 4) is 34.3 Å². The number of nitrogens with zero attached hydrogens (tertiary/aromatic N) is 3. The van der Waals surface area contributed by atoms with Crippen molar-refractivity contribution in [1.82, 2.24) is 9.78 Å². The lowest BCUT2D eigenvalue weighted by atomic mass is 10.1. The molecule has 124 valence electrons. The van der Waals surface area contributed by atoms with Crippen molar-refractivity contribution in [2.75, 3.05) is 0 Å². The van der Waals surface area contributed by atoms with Gasteiger partial charge >= 0.3 is 0 Å². The van der Waals surface area contributed by atoms with Crippen LogP contribution in [-0.4, -0.2) is 9.78 Å². The van der Waals surface area contributed by atoms with Crippen LogP contribution in [0, 0.1) is 18.3 Å². The molecule has 3 nitrogen and oxygen atoms in total. The Kier molecular flexibility index (Phi) is 4.09. The fourth-order valence-electron chi connectivity index (χ4n) is 2.94. The molecular formula is C23H17N3. The average Bonchev–Trinajstić information content (AvgIpc) is 3.15. The number of aryl methyl sites for hydroxylation is 1. The third kappa shape index (κ3) is 3.01. The smallest absolute Gasteiger partial charge is 0.0991 e. The highest BCUT2D eigenvalue weighted by atomic mass is 15.3. The standard InChI is InChI=1S/C23H17N3/c1-17-7-11-20(12-8-17)23-15-22(19-5-3-2-4-6-19)25-26(23)21-13-9-18(16-24)10-14-21/h2-15H,1H3. The minimum atomic E-state index is 0.640. The largest absolute Gasteiger partial charge is 0.232 e. The van der Waals surface area contributed by atoms with Gasteiger partial charge in [-0.25, -0.2) is 4.68 Å². The zero-order valence-corrected chi connectivity index (χ0v) is 14.4. The highest BCUT2D eigenvalue weighted by Crippen LogP contribution is 2.29. The molecule has 0 spiro atoms. The van der Waals surface area contributed by atoms with Crippen LogP contribution >= 0.6 is 0 Å². The quantitative estimate of drug-likeness (QED) is 0.504. The lowest BCUT2D eigenvalue weighted by Gasteiger charge is -2.08. The van der Waals surface area contributed by atoms with Crippen molar-refractivity contribution in [3.05, 3.63) is 96.1 Å². The van der Waals surface area contributed by atoms with Crippen LogP contribution in [-0.2, 0) is 0 Å². The van der Waals surface area contributed by atoms with Crippen LogP contribution in [0.4, 0.5) is 0 Å². The van der Waals surface area contributed by atoms with Crippen molar-refractivity contribution in [3.63, 3.8) is 0 Å². The summed E-state index contributed by atoms with van der Waals surface area (Å²) >= 11 is 0. The molecule has 0 bridgehead atoms. The van der Waals surface area contributed by atoms with E-state index in [4.69, 9.17) is 10.4 Å². The first-order chi connectivity index (χ1) is 12.7. The molecule has 1 heterocycles. The second kappa shape index (κ2) is 6.70. The predicted octanol–water partition coefficient (Wildman–Crippen LogP) is 5.39. The van der Waals surface area contributed by atoms with E-state index in [0.717, 1.165) is 28.2 Å². The van der Waals surface area contributed by atoms with E-state index in [2.05, 4.69) is 55.5 Å². The summed E-state index contributed by atoms with van der Waals surface area (Å²) in [6.45, 7) is 2.08. The number of benzene rings is 3. The van der Waals surface area contributed by atoms with E-state index in [9.17, 15) is 0 Å². The first-order valence-electron chi connectivity index (χ1n) is 8.48. The van der Waals surface area contributed by atoms with Gasteiger partial charge in [0, 0.05) is 11.1 Å². The van der Waals surface area contributed by atoms with Crippen molar-refractivity contribution in [2.45, 2.75) is 6.92 Å². The molecule has 0 unspecified atom stereocenters. The van der Waals surface area contributed by atoms with Gasteiger partial charge in [-0.15, -0.1) is 0 Å². The highest BCUT2D eigenvalue weighted by molar-refractivity contribution is 5.70. The molecule has 3 aromatic carbocycles. The van der Waals surface area contributed by atoms with Gasteiger partial charge in [0.1, 0.15) is 0 Å². The van der Waals surface area contributed by atoms with Crippen molar-refractivity contribution < 1.29 is 0 Å². The summed E-state index contributed by atoms with van der Waals surface area (Å²) in [5, 5.41) is 13.9. The molecule has 3 heteroatoms. The Hall–Kier alpha value is -3.64. The van der Waals surface area contributed by atoms with E-state index in [1.807, 2.05) is 47.1 Å². The topological polar surface area (TPSA) is 41.6 Å². The minimum absolute atomic E-state index is 0.640. The minimum Gasteiger partial charge on any atom is -0.232 e. The zero-order valence-electron chi connectivity index (χ0n) is 14.4. The maximum atomic E-state index is 9.04. The Morgan fingerprint density at radius 2 is 1.50 bits per heavy atom. The lowest BCUT2D eigenvalue weighted by Crippen LogP contribution is -1.99. The third-order valence-corrected chi connectivity index (χ3v) is 4.37. The summed E-state index contributed by atoms with van der Waals surface area (Å²) in [5.74, 6) is 0. The second-order valence-corrected chi connectivity index (χ2v) is 6.22. The van der Waals surface area contributed by atoms with Gasteiger partial charge in [0.25, 0.3) is 0 Å². The van der Waals surface area contributed by atoms with E-state index < -0.39 is 0 Å². The van der Waals surface area contributed by atoms with Gasteiger partial charge in [0.05, 0.1) is 28.7 Å². The summed E-state index contributed by atoms with van der Waals surface area (Å²) < 4.78 is 1.94. The van der Waals surface area contributed by atoms with Crippen LogP contribution in [0.25, 0.3) is 28.2 Å². The molecule has 1 aromatic heterocycles.